The minimum Gasteiger partial charge on any atom is -0.314 e. The second kappa shape index (κ2) is 1.72. The second-order valence-electron chi connectivity index (χ2n) is 2.42. The van der Waals surface area contributed by atoms with E-state index in [0.717, 1.165) is 0 Å². The van der Waals surface area contributed by atoms with Crippen molar-refractivity contribution in [3.8, 4) is 0 Å². The number of amides is 2. The molecule has 1 aliphatic rings. The smallest absolute Gasteiger partial charge is 0.314 e. The van der Waals surface area contributed by atoms with E-state index in [-0.39, 0.29) is 6.03 Å². The Hall–Kier alpha value is -1.06. The van der Waals surface area contributed by atoms with Crippen molar-refractivity contribution in [3.63, 3.8) is 0 Å². The standard InChI is InChI=1S/C5H9N3O/c1-5(2)7-3-6-4(9)8-5/h3H,1-2H3,(H2,6,7,8,9). The van der Waals surface area contributed by atoms with Crippen molar-refractivity contribution >= 4 is 12.4 Å². The molecule has 2 amide bonds. The number of carbonyl (C=O) groups excluding carboxylic acids is 1. The third-order valence-corrected chi connectivity index (χ3v) is 1.00. The summed E-state index contributed by atoms with van der Waals surface area (Å²) in [5, 5.41) is 5.00. The van der Waals surface area contributed by atoms with E-state index in [0.29, 0.717) is 0 Å². The molecule has 0 radical (unpaired) electrons. The average molecular weight is 127 g/mol. The maximum Gasteiger partial charge on any atom is 0.321 e. The van der Waals surface area contributed by atoms with Gasteiger partial charge in [-0.05, 0) is 13.8 Å². The molecule has 0 aromatic rings. The molecule has 4 heteroatoms. The lowest BCUT2D eigenvalue weighted by Crippen LogP contribution is -2.51. The van der Waals surface area contributed by atoms with Crippen LogP contribution in [0.1, 0.15) is 13.8 Å². The van der Waals surface area contributed by atoms with Gasteiger partial charge in [0.05, 0.1) is 6.34 Å². The van der Waals surface area contributed by atoms with Crippen molar-refractivity contribution in [3.05, 3.63) is 0 Å². The first kappa shape index (κ1) is 6.07. The quantitative estimate of drug-likeness (QED) is 0.475. The van der Waals surface area contributed by atoms with Crippen LogP contribution in [0.25, 0.3) is 0 Å². The van der Waals surface area contributed by atoms with Crippen LogP contribution in [0, 0.1) is 0 Å². The van der Waals surface area contributed by atoms with Crippen LogP contribution in [-0.4, -0.2) is 18.0 Å². The fourth-order valence-corrected chi connectivity index (χ4v) is 0.598. The van der Waals surface area contributed by atoms with E-state index in [1.54, 1.807) is 0 Å². The highest BCUT2D eigenvalue weighted by molar-refractivity contribution is 5.88. The first-order valence-electron chi connectivity index (χ1n) is 2.72. The fraction of sp³-hybridized carbons (Fsp3) is 0.600. The molecule has 0 aromatic carbocycles. The fourth-order valence-electron chi connectivity index (χ4n) is 0.598. The molecule has 4 nitrogen and oxygen atoms in total. The number of urea groups is 1. The third-order valence-electron chi connectivity index (χ3n) is 1.00. The summed E-state index contributed by atoms with van der Waals surface area (Å²) >= 11 is 0. The lowest BCUT2D eigenvalue weighted by Gasteiger charge is -2.24. The van der Waals surface area contributed by atoms with E-state index in [1.807, 2.05) is 13.8 Å². The lowest BCUT2D eigenvalue weighted by atomic mass is 10.2. The Morgan fingerprint density at radius 2 is 2.33 bits per heavy atom. The Labute approximate surface area is 53.3 Å². The Bertz CT molecular complexity index is 162. The normalized spacial score (nSPS) is 22.7. The van der Waals surface area contributed by atoms with Gasteiger partial charge in [-0.25, -0.2) is 9.79 Å². The molecular formula is C5H9N3O. The van der Waals surface area contributed by atoms with E-state index in [4.69, 9.17) is 0 Å². The van der Waals surface area contributed by atoms with Gasteiger partial charge in [0.25, 0.3) is 0 Å². The summed E-state index contributed by atoms with van der Waals surface area (Å²) < 4.78 is 0. The van der Waals surface area contributed by atoms with E-state index in [9.17, 15) is 4.79 Å². The van der Waals surface area contributed by atoms with Gasteiger partial charge in [0, 0.05) is 0 Å². The molecule has 0 bridgehead atoms. The summed E-state index contributed by atoms with van der Waals surface area (Å²) in [5.41, 5.74) is -0.442. The zero-order valence-corrected chi connectivity index (χ0v) is 5.43. The molecular weight excluding hydrogens is 118 g/mol. The van der Waals surface area contributed by atoms with Gasteiger partial charge < -0.3 is 5.32 Å². The molecule has 1 aliphatic heterocycles. The van der Waals surface area contributed by atoms with Crippen LogP contribution in [0.2, 0.25) is 0 Å². The summed E-state index contributed by atoms with van der Waals surface area (Å²) in [6, 6.07) is -0.199. The van der Waals surface area contributed by atoms with E-state index < -0.39 is 5.66 Å². The zero-order valence-electron chi connectivity index (χ0n) is 5.43. The number of hydrogen-bond donors (Lipinski definition) is 2. The summed E-state index contributed by atoms with van der Waals surface area (Å²) in [6.45, 7) is 3.64. The van der Waals surface area contributed by atoms with Crippen molar-refractivity contribution in [2.24, 2.45) is 4.99 Å². The molecule has 0 unspecified atom stereocenters. The predicted molar refractivity (Wildman–Crippen MR) is 34.2 cm³/mol. The molecule has 1 rings (SSSR count). The Kier molecular flexibility index (Phi) is 1.16. The van der Waals surface area contributed by atoms with Gasteiger partial charge in [-0.1, -0.05) is 0 Å². The number of aliphatic imine (C=N–C) groups is 1. The summed E-state index contributed by atoms with van der Waals surface area (Å²) in [7, 11) is 0. The highest BCUT2D eigenvalue weighted by atomic mass is 16.2. The van der Waals surface area contributed by atoms with Gasteiger partial charge in [-0.3, -0.25) is 5.32 Å². The molecule has 0 saturated heterocycles. The highest BCUT2D eigenvalue weighted by Gasteiger charge is 2.20. The number of nitrogens with zero attached hydrogens (tertiary/aromatic N) is 1. The van der Waals surface area contributed by atoms with Crippen LogP contribution in [0.4, 0.5) is 4.79 Å². The molecule has 0 aliphatic carbocycles. The van der Waals surface area contributed by atoms with Gasteiger partial charge in [-0.15, -0.1) is 0 Å². The van der Waals surface area contributed by atoms with Crippen LogP contribution in [-0.2, 0) is 0 Å². The van der Waals surface area contributed by atoms with Gasteiger partial charge in [-0.2, -0.15) is 0 Å². The summed E-state index contributed by atoms with van der Waals surface area (Å²) in [5.74, 6) is 0. The molecule has 0 atom stereocenters. The van der Waals surface area contributed by atoms with Crippen LogP contribution < -0.4 is 10.6 Å². The van der Waals surface area contributed by atoms with E-state index in [1.165, 1.54) is 6.34 Å². The summed E-state index contributed by atoms with van der Waals surface area (Å²) in [4.78, 5) is 14.5. The molecule has 9 heavy (non-hydrogen) atoms. The molecule has 0 spiro atoms. The van der Waals surface area contributed by atoms with Gasteiger partial charge >= 0.3 is 6.03 Å². The molecule has 1 heterocycles. The second-order valence-corrected chi connectivity index (χ2v) is 2.42. The average Bonchev–Trinajstić information content (AvgIpc) is 1.60. The Morgan fingerprint density at radius 1 is 1.67 bits per heavy atom. The Balaban J connectivity index is 2.71. The van der Waals surface area contributed by atoms with Crippen LogP contribution in [0.3, 0.4) is 0 Å². The SMILES string of the molecule is CC1(C)N=CNC(=O)N1. The number of nitrogens with one attached hydrogen (secondary N) is 2. The highest BCUT2D eigenvalue weighted by Crippen LogP contribution is 2.03. The maximum atomic E-state index is 10.6. The number of rotatable bonds is 0. The number of carbonyl (C=O) groups is 1. The van der Waals surface area contributed by atoms with Crippen molar-refractivity contribution in [2.75, 3.05) is 0 Å². The van der Waals surface area contributed by atoms with Crippen LogP contribution >= 0.6 is 0 Å². The molecule has 2 N–H and O–H groups in total. The summed E-state index contributed by atoms with van der Waals surface area (Å²) in [6.07, 6.45) is 1.40. The first-order valence-corrected chi connectivity index (χ1v) is 2.72. The van der Waals surface area contributed by atoms with Crippen molar-refractivity contribution in [1.82, 2.24) is 10.6 Å². The molecule has 0 aromatic heterocycles. The number of hydrogen-bond acceptors (Lipinski definition) is 2. The maximum absolute atomic E-state index is 10.6. The minimum atomic E-state index is -0.442. The van der Waals surface area contributed by atoms with E-state index >= 15 is 0 Å². The topological polar surface area (TPSA) is 53.5 Å². The first-order chi connectivity index (χ1) is 4.10. The molecule has 50 valence electrons. The Morgan fingerprint density at radius 3 is 2.67 bits per heavy atom. The van der Waals surface area contributed by atoms with Crippen molar-refractivity contribution in [1.29, 1.82) is 0 Å². The van der Waals surface area contributed by atoms with Crippen LogP contribution in [0.5, 0.6) is 0 Å². The largest absolute Gasteiger partial charge is 0.321 e. The van der Waals surface area contributed by atoms with Gasteiger partial charge in [0.15, 0.2) is 0 Å². The van der Waals surface area contributed by atoms with Crippen molar-refractivity contribution in [2.45, 2.75) is 19.5 Å². The zero-order chi connectivity index (χ0) is 6.91. The van der Waals surface area contributed by atoms with E-state index in [2.05, 4.69) is 15.6 Å². The van der Waals surface area contributed by atoms with Crippen molar-refractivity contribution < 1.29 is 4.79 Å². The monoisotopic (exact) mass is 127 g/mol. The third kappa shape index (κ3) is 1.42. The lowest BCUT2D eigenvalue weighted by molar-refractivity contribution is 0.233. The molecule has 0 saturated carbocycles. The molecule has 0 fully saturated rings. The van der Waals surface area contributed by atoms with Gasteiger partial charge in [0.2, 0.25) is 0 Å². The minimum absolute atomic E-state index is 0.199. The van der Waals surface area contributed by atoms with Gasteiger partial charge in [0.1, 0.15) is 5.66 Å². The van der Waals surface area contributed by atoms with Crippen LogP contribution in [0.15, 0.2) is 4.99 Å². The predicted octanol–water partition coefficient (Wildman–Crippen LogP) is 0.0636.